The normalized spacial score (nSPS) is 19.3. The van der Waals surface area contributed by atoms with E-state index in [9.17, 15) is 8.42 Å². The van der Waals surface area contributed by atoms with E-state index in [-0.39, 0.29) is 10.3 Å². The predicted molar refractivity (Wildman–Crippen MR) is 74.0 cm³/mol. The van der Waals surface area contributed by atoms with Crippen molar-refractivity contribution in [3.8, 4) is 0 Å². The fourth-order valence-corrected chi connectivity index (χ4v) is 4.96. The monoisotopic (exact) mass is 317 g/mol. The van der Waals surface area contributed by atoms with Crippen LogP contribution < -0.4 is 4.72 Å². The SMILES string of the molecule is O=S(=O)(NC1CCn2nccc2C1)c1ccc(Cl)s1. The second kappa shape index (κ2) is 4.90. The molecule has 1 atom stereocenters. The molecule has 1 aliphatic rings. The second-order valence-corrected chi connectivity index (χ2v) is 8.07. The van der Waals surface area contributed by atoms with Gasteiger partial charge in [-0.2, -0.15) is 5.10 Å². The van der Waals surface area contributed by atoms with Gasteiger partial charge >= 0.3 is 0 Å². The molecule has 0 saturated carbocycles. The van der Waals surface area contributed by atoms with Crippen LogP contribution in [0.5, 0.6) is 0 Å². The van der Waals surface area contributed by atoms with Crippen LogP contribution in [-0.4, -0.2) is 24.2 Å². The van der Waals surface area contributed by atoms with Gasteiger partial charge in [-0.05, 0) is 24.6 Å². The standard InChI is InChI=1S/C11H12ClN3O2S2/c12-10-1-2-11(18-10)19(16,17)14-8-4-6-15-9(7-8)3-5-13-15/h1-3,5,8,14H,4,6-7H2. The lowest BCUT2D eigenvalue weighted by atomic mass is 10.1. The highest BCUT2D eigenvalue weighted by Crippen LogP contribution is 2.26. The Morgan fingerprint density at radius 2 is 2.26 bits per heavy atom. The van der Waals surface area contributed by atoms with Crippen molar-refractivity contribution in [2.24, 2.45) is 0 Å². The summed E-state index contributed by atoms with van der Waals surface area (Å²) < 4.78 is 29.7. The van der Waals surface area contributed by atoms with E-state index < -0.39 is 10.0 Å². The number of rotatable bonds is 3. The maximum absolute atomic E-state index is 12.2. The van der Waals surface area contributed by atoms with Crippen LogP contribution in [0.1, 0.15) is 12.1 Å². The van der Waals surface area contributed by atoms with E-state index in [0.717, 1.165) is 30.0 Å². The number of sulfonamides is 1. The Kier molecular flexibility index (Phi) is 3.38. The lowest BCUT2D eigenvalue weighted by molar-refractivity contribution is 0.414. The molecule has 2 aromatic heterocycles. The number of aryl methyl sites for hydroxylation is 1. The van der Waals surface area contributed by atoms with Crippen LogP contribution in [-0.2, 0) is 23.0 Å². The van der Waals surface area contributed by atoms with Gasteiger partial charge in [0.25, 0.3) is 0 Å². The number of nitrogens with zero attached hydrogens (tertiary/aromatic N) is 2. The van der Waals surface area contributed by atoms with Crippen molar-refractivity contribution in [2.45, 2.75) is 29.6 Å². The van der Waals surface area contributed by atoms with E-state index in [0.29, 0.717) is 10.8 Å². The fraction of sp³-hybridized carbons (Fsp3) is 0.364. The Morgan fingerprint density at radius 1 is 1.42 bits per heavy atom. The van der Waals surface area contributed by atoms with Crippen LogP contribution in [0.4, 0.5) is 0 Å². The lowest BCUT2D eigenvalue weighted by Gasteiger charge is -2.23. The zero-order valence-electron chi connectivity index (χ0n) is 9.91. The van der Waals surface area contributed by atoms with Crippen LogP contribution in [0.3, 0.4) is 0 Å². The maximum Gasteiger partial charge on any atom is 0.250 e. The molecule has 0 radical (unpaired) electrons. The first kappa shape index (κ1) is 13.1. The summed E-state index contributed by atoms with van der Waals surface area (Å²) >= 11 is 6.84. The third-order valence-corrected chi connectivity index (χ3v) is 6.33. The zero-order chi connectivity index (χ0) is 13.5. The molecule has 1 unspecified atom stereocenters. The van der Waals surface area contributed by atoms with E-state index in [2.05, 4.69) is 9.82 Å². The molecule has 0 spiro atoms. The molecule has 1 N–H and O–H groups in total. The minimum atomic E-state index is -3.47. The average molecular weight is 318 g/mol. The number of aromatic nitrogens is 2. The third kappa shape index (κ3) is 2.69. The summed E-state index contributed by atoms with van der Waals surface area (Å²) in [6.45, 7) is 0.737. The van der Waals surface area contributed by atoms with Crippen LogP contribution >= 0.6 is 22.9 Å². The van der Waals surface area contributed by atoms with Crippen molar-refractivity contribution in [1.29, 1.82) is 0 Å². The Balaban J connectivity index is 1.76. The molecule has 0 fully saturated rings. The third-order valence-electron chi connectivity index (χ3n) is 3.08. The van der Waals surface area contributed by atoms with E-state index in [1.807, 2.05) is 10.7 Å². The number of nitrogens with one attached hydrogen (secondary N) is 1. The molecule has 5 nitrogen and oxygen atoms in total. The first-order chi connectivity index (χ1) is 9.04. The topological polar surface area (TPSA) is 64.0 Å². The molecule has 3 heterocycles. The molecular weight excluding hydrogens is 306 g/mol. The molecule has 19 heavy (non-hydrogen) atoms. The van der Waals surface area contributed by atoms with Gasteiger partial charge in [0.05, 0.1) is 4.34 Å². The van der Waals surface area contributed by atoms with Crippen molar-refractivity contribution < 1.29 is 8.42 Å². The summed E-state index contributed by atoms with van der Waals surface area (Å²) in [4.78, 5) is 0. The maximum atomic E-state index is 12.2. The smallest absolute Gasteiger partial charge is 0.250 e. The molecule has 2 aromatic rings. The summed E-state index contributed by atoms with van der Waals surface area (Å²) in [5, 5.41) is 4.17. The highest BCUT2D eigenvalue weighted by atomic mass is 35.5. The molecule has 0 aromatic carbocycles. The summed E-state index contributed by atoms with van der Waals surface area (Å²) in [5.74, 6) is 0. The van der Waals surface area contributed by atoms with E-state index >= 15 is 0 Å². The molecule has 0 bridgehead atoms. The van der Waals surface area contributed by atoms with Gasteiger partial charge in [-0.25, -0.2) is 13.1 Å². The zero-order valence-corrected chi connectivity index (χ0v) is 12.3. The molecule has 0 aliphatic carbocycles. The van der Waals surface area contributed by atoms with Crippen LogP contribution in [0.15, 0.2) is 28.6 Å². The molecule has 1 aliphatic heterocycles. The fourth-order valence-electron chi connectivity index (χ4n) is 2.19. The van der Waals surface area contributed by atoms with Crippen LogP contribution in [0, 0.1) is 0 Å². The van der Waals surface area contributed by atoms with Gasteiger partial charge in [0.1, 0.15) is 4.21 Å². The lowest BCUT2D eigenvalue weighted by Crippen LogP contribution is -2.39. The van der Waals surface area contributed by atoms with E-state index in [1.54, 1.807) is 12.3 Å². The molecule has 0 amide bonds. The Labute approximate surface area is 120 Å². The summed E-state index contributed by atoms with van der Waals surface area (Å²) in [6.07, 6.45) is 3.15. The summed E-state index contributed by atoms with van der Waals surface area (Å²) in [5.41, 5.74) is 1.06. The van der Waals surface area contributed by atoms with Gasteiger partial charge in [-0.15, -0.1) is 11.3 Å². The first-order valence-electron chi connectivity index (χ1n) is 5.83. The average Bonchev–Trinajstić information content (AvgIpc) is 2.96. The van der Waals surface area contributed by atoms with Crippen molar-refractivity contribution in [3.05, 3.63) is 34.4 Å². The first-order valence-corrected chi connectivity index (χ1v) is 8.51. The van der Waals surface area contributed by atoms with Gasteiger partial charge in [0.2, 0.25) is 10.0 Å². The van der Waals surface area contributed by atoms with Gasteiger partial charge in [0, 0.05) is 30.9 Å². The largest absolute Gasteiger partial charge is 0.269 e. The molecule has 102 valence electrons. The highest BCUT2D eigenvalue weighted by molar-refractivity contribution is 7.91. The van der Waals surface area contributed by atoms with Crippen LogP contribution in [0.25, 0.3) is 0 Å². The predicted octanol–water partition coefficient (Wildman–Crippen LogP) is 1.89. The molecule has 8 heteroatoms. The van der Waals surface area contributed by atoms with E-state index in [4.69, 9.17) is 11.6 Å². The van der Waals surface area contributed by atoms with Gasteiger partial charge in [0.15, 0.2) is 0 Å². The highest BCUT2D eigenvalue weighted by Gasteiger charge is 2.25. The van der Waals surface area contributed by atoms with Gasteiger partial charge in [-0.1, -0.05) is 11.6 Å². The number of hydrogen-bond acceptors (Lipinski definition) is 4. The Hall–Kier alpha value is -0.890. The Bertz CT molecular complexity index is 692. The molecule has 0 saturated heterocycles. The summed E-state index contributed by atoms with van der Waals surface area (Å²) in [7, 11) is -3.47. The van der Waals surface area contributed by atoms with Gasteiger partial charge in [-0.3, -0.25) is 4.68 Å². The number of halogens is 1. The summed E-state index contributed by atoms with van der Waals surface area (Å²) in [6, 6.07) is 4.96. The van der Waals surface area contributed by atoms with Crippen molar-refractivity contribution >= 4 is 33.0 Å². The number of fused-ring (bicyclic) bond motifs is 1. The van der Waals surface area contributed by atoms with Crippen molar-refractivity contribution in [2.75, 3.05) is 0 Å². The quantitative estimate of drug-likeness (QED) is 0.940. The van der Waals surface area contributed by atoms with E-state index in [1.165, 1.54) is 6.07 Å². The van der Waals surface area contributed by atoms with Crippen molar-refractivity contribution in [1.82, 2.24) is 14.5 Å². The molecular formula is C11H12ClN3O2S2. The Morgan fingerprint density at radius 3 is 3.00 bits per heavy atom. The number of thiophene rings is 1. The van der Waals surface area contributed by atoms with Gasteiger partial charge < -0.3 is 0 Å². The van der Waals surface area contributed by atoms with Crippen LogP contribution in [0.2, 0.25) is 4.34 Å². The van der Waals surface area contributed by atoms with Crippen molar-refractivity contribution in [3.63, 3.8) is 0 Å². The number of hydrogen-bond donors (Lipinski definition) is 1. The minimum absolute atomic E-state index is 0.0879. The minimum Gasteiger partial charge on any atom is -0.269 e. The second-order valence-electron chi connectivity index (χ2n) is 4.42. The molecule has 3 rings (SSSR count).